The zero-order valence-electron chi connectivity index (χ0n) is 15.3. The van der Waals surface area contributed by atoms with Gasteiger partial charge in [-0.2, -0.15) is 0 Å². The SMILES string of the molecule is O=C(OCC1c2ccccc2-c2ccccc21)N(CCO)C1CCOCC1. The molecule has 142 valence electrons. The molecule has 0 spiro atoms. The van der Waals surface area contributed by atoms with Crippen molar-refractivity contribution in [2.75, 3.05) is 33.0 Å². The van der Waals surface area contributed by atoms with E-state index in [0.29, 0.717) is 26.4 Å². The highest BCUT2D eigenvalue weighted by molar-refractivity contribution is 5.79. The van der Waals surface area contributed by atoms with Crippen molar-refractivity contribution in [3.8, 4) is 11.1 Å². The number of aliphatic hydroxyl groups excluding tert-OH is 1. The molecule has 1 aliphatic heterocycles. The van der Waals surface area contributed by atoms with Gasteiger partial charge in [0.15, 0.2) is 0 Å². The van der Waals surface area contributed by atoms with Crippen molar-refractivity contribution >= 4 is 6.09 Å². The van der Waals surface area contributed by atoms with Crippen LogP contribution in [-0.2, 0) is 9.47 Å². The van der Waals surface area contributed by atoms with Gasteiger partial charge < -0.3 is 19.5 Å². The monoisotopic (exact) mass is 367 g/mol. The first kappa shape index (κ1) is 18.0. The summed E-state index contributed by atoms with van der Waals surface area (Å²) in [5.41, 5.74) is 4.83. The lowest BCUT2D eigenvalue weighted by Crippen LogP contribution is -2.45. The number of rotatable bonds is 5. The standard InChI is InChI=1S/C22H25NO4/c24-12-11-23(16-9-13-26-14-10-16)22(25)27-15-21-19-7-3-1-5-17(19)18-6-2-4-8-20(18)21/h1-8,16,21,24H,9-15H2. The quantitative estimate of drug-likeness (QED) is 0.880. The molecule has 2 aliphatic rings. The second kappa shape index (κ2) is 8.11. The molecule has 27 heavy (non-hydrogen) atoms. The van der Waals surface area contributed by atoms with E-state index >= 15 is 0 Å². The molecule has 0 saturated carbocycles. The van der Waals surface area contributed by atoms with Gasteiger partial charge in [-0.05, 0) is 35.1 Å². The molecule has 0 radical (unpaired) electrons. The van der Waals surface area contributed by atoms with Crippen LogP contribution in [0.15, 0.2) is 48.5 Å². The molecule has 5 heteroatoms. The number of benzene rings is 2. The van der Waals surface area contributed by atoms with E-state index in [1.54, 1.807) is 4.90 Å². The highest BCUT2D eigenvalue weighted by atomic mass is 16.6. The highest BCUT2D eigenvalue weighted by Gasteiger charge is 2.31. The van der Waals surface area contributed by atoms with E-state index in [-0.39, 0.29) is 24.7 Å². The van der Waals surface area contributed by atoms with Crippen LogP contribution >= 0.6 is 0 Å². The zero-order chi connectivity index (χ0) is 18.6. The fourth-order valence-corrected chi connectivity index (χ4v) is 4.20. The number of ether oxygens (including phenoxy) is 2. The van der Waals surface area contributed by atoms with E-state index in [4.69, 9.17) is 9.47 Å². The summed E-state index contributed by atoms with van der Waals surface area (Å²) >= 11 is 0. The second-order valence-electron chi connectivity index (χ2n) is 7.06. The van der Waals surface area contributed by atoms with Gasteiger partial charge in [-0.15, -0.1) is 0 Å². The maximum Gasteiger partial charge on any atom is 0.410 e. The first-order valence-corrected chi connectivity index (χ1v) is 9.60. The Bertz CT molecular complexity index is 755. The lowest BCUT2D eigenvalue weighted by molar-refractivity contribution is 0.0203. The second-order valence-corrected chi connectivity index (χ2v) is 7.06. The average molecular weight is 367 g/mol. The van der Waals surface area contributed by atoms with Crippen molar-refractivity contribution in [2.24, 2.45) is 0 Å². The molecule has 2 aromatic rings. The van der Waals surface area contributed by atoms with Gasteiger partial charge in [0.1, 0.15) is 6.61 Å². The Morgan fingerprint density at radius 3 is 2.22 bits per heavy atom. The van der Waals surface area contributed by atoms with Crippen LogP contribution < -0.4 is 0 Å². The van der Waals surface area contributed by atoms with E-state index in [0.717, 1.165) is 12.8 Å². The number of fused-ring (bicyclic) bond motifs is 3. The number of carbonyl (C=O) groups excluding carboxylic acids is 1. The molecule has 1 N–H and O–H groups in total. The molecule has 1 saturated heterocycles. The predicted octanol–water partition coefficient (Wildman–Crippen LogP) is 3.41. The maximum atomic E-state index is 12.8. The van der Waals surface area contributed by atoms with Gasteiger partial charge >= 0.3 is 6.09 Å². The number of aliphatic hydroxyl groups is 1. The molecule has 0 aromatic heterocycles. The molecule has 0 atom stereocenters. The van der Waals surface area contributed by atoms with Gasteiger partial charge in [0.25, 0.3) is 0 Å². The smallest absolute Gasteiger partial charge is 0.410 e. The van der Waals surface area contributed by atoms with Crippen LogP contribution in [0, 0.1) is 0 Å². The van der Waals surface area contributed by atoms with E-state index in [1.165, 1.54) is 22.3 Å². The normalized spacial score (nSPS) is 16.6. The molecule has 1 aliphatic carbocycles. The minimum absolute atomic E-state index is 0.0482. The molecule has 2 aromatic carbocycles. The molecule has 1 fully saturated rings. The Morgan fingerprint density at radius 1 is 1.04 bits per heavy atom. The van der Waals surface area contributed by atoms with Crippen molar-refractivity contribution in [3.05, 3.63) is 59.7 Å². The fraction of sp³-hybridized carbons (Fsp3) is 0.409. The summed E-state index contributed by atoms with van der Waals surface area (Å²) < 4.78 is 11.1. The zero-order valence-corrected chi connectivity index (χ0v) is 15.3. The number of nitrogens with zero attached hydrogens (tertiary/aromatic N) is 1. The van der Waals surface area contributed by atoms with Gasteiger partial charge in [-0.1, -0.05) is 48.5 Å². The molecule has 0 bridgehead atoms. The first-order valence-electron chi connectivity index (χ1n) is 9.60. The molecular weight excluding hydrogens is 342 g/mol. The number of hydrogen-bond donors (Lipinski definition) is 1. The number of carbonyl (C=O) groups is 1. The summed E-state index contributed by atoms with van der Waals surface area (Å²) in [7, 11) is 0. The number of hydrogen-bond acceptors (Lipinski definition) is 4. The van der Waals surface area contributed by atoms with Crippen molar-refractivity contribution in [1.29, 1.82) is 0 Å². The highest BCUT2D eigenvalue weighted by Crippen LogP contribution is 2.44. The molecule has 4 rings (SSSR count). The third kappa shape index (κ3) is 3.57. The summed E-state index contributed by atoms with van der Waals surface area (Å²) in [6.07, 6.45) is 1.21. The first-order chi connectivity index (χ1) is 13.3. The average Bonchev–Trinajstić information content (AvgIpc) is 3.05. The molecular formula is C22H25NO4. The minimum atomic E-state index is -0.349. The van der Waals surface area contributed by atoms with Crippen molar-refractivity contribution < 1.29 is 19.4 Å². The van der Waals surface area contributed by atoms with Gasteiger partial charge in [0.05, 0.1) is 6.61 Å². The predicted molar refractivity (Wildman–Crippen MR) is 103 cm³/mol. The summed E-state index contributed by atoms with van der Waals surface area (Å²) in [4.78, 5) is 14.4. The topological polar surface area (TPSA) is 59.0 Å². The van der Waals surface area contributed by atoms with Gasteiger partial charge in [-0.25, -0.2) is 4.79 Å². The lowest BCUT2D eigenvalue weighted by Gasteiger charge is -2.33. The summed E-state index contributed by atoms with van der Waals surface area (Å²) in [6.45, 7) is 1.81. The van der Waals surface area contributed by atoms with E-state index in [2.05, 4.69) is 24.3 Å². The van der Waals surface area contributed by atoms with E-state index in [9.17, 15) is 9.90 Å². The Balaban J connectivity index is 1.50. The lowest BCUT2D eigenvalue weighted by atomic mass is 9.98. The van der Waals surface area contributed by atoms with Crippen LogP contribution in [0.3, 0.4) is 0 Å². The largest absolute Gasteiger partial charge is 0.448 e. The summed E-state index contributed by atoms with van der Waals surface area (Å²) in [5, 5.41) is 9.38. The van der Waals surface area contributed by atoms with Crippen LogP contribution in [0.5, 0.6) is 0 Å². The van der Waals surface area contributed by atoms with Crippen LogP contribution in [0.25, 0.3) is 11.1 Å². The third-order valence-electron chi connectivity index (χ3n) is 5.54. The van der Waals surface area contributed by atoms with Crippen molar-refractivity contribution in [3.63, 3.8) is 0 Å². The van der Waals surface area contributed by atoms with Crippen LogP contribution in [0.4, 0.5) is 4.79 Å². The third-order valence-corrected chi connectivity index (χ3v) is 5.54. The molecule has 5 nitrogen and oxygen atoms in total. The van der Waals surface area contributed by atoms with E-state index < -0.39 is 0 Å². The molecule has 1 heterocycles. The van der Waals surface area contributed by atoms with Gasteiger partial charge in [0, 0.05) is 31.7 Å². The Labute approximate surface area is 159 Å². The number of amides is 1. The Hall–Kier alpha value is -2.37. The van der Waals surface area contributed by atoms with Crippen molar-refractivity contribution in [1.82, 2.24) is 4.90 Å². The fourth-order valence-electron chi connectivity index (χ4n) is 4.20. The van der Waals surface area contributed by atoms with Crippen LogP contribution in [0.1, 0.15) is 29.9 Å². The van der Waals surface area contributed by atoms with Crippen LogP contribution in [0.2, 0.25) is 0 Å². The van der Waals surface area contributed by atoms with Gasteiger partial charge in [0.2, 0.25) is 0 Å². The molecule has 0 unspecified atom stereocenters. The van der Waals surface area contributed by atoms with E-state index in [1.807, 2.05) is 24.3 Å². The Morgan fingerprint density at radius 2 is 1.63 bits per heavy atom. The summed E-state index contributed by atoms with van der Waals surface area (Å²) in [5.74, 6) is 0.0482. The van der Waals surface area contributed by atoms with Gasteiger partial charge in [-0.3, -0.25) is 0 Å². The maximum absolute atomic E-state index is 12.8. The van der Waals surface area contributed by atoms with Crippen LogP contribution in [-0.4, -0.2) is 55.1 Å². The summed E-state index contributed by atoms with van der Waals surface area (Å²) in [6, 6.07) is 16.7. The Kier molecular flexibility index (Phi) is 5.41. The van der Waals surface area contributed by atoms with Crippen molar-refractivity contribution in [2.45, 2.75) is 24.8 Å². The minimum Gasteiger partial charge on any atom is -0.448 e. The molecule has 1 amide bonds.